The maximum absolute atomic E-state index is 10.5. The molecule has 2 N–H and O–H groups in total. The average molecular weight is 270 g/mol. The molecule has 0 fully saturated rings. The van der Waals surface area contributed by atoms with E-state index in [2.05, 4.69) is 23.8 Å². The SMILES string of the molecule is C=CC(=O)NCC(C)C.C=CC(=O)NCOC(C)C. The van der Waals surface area contributed by atoms with Gasteiger partial charge in [-0.05, 0) is 31.9 Å². The van der Waals surface area contributed by atoms with Crippen LogP contribution in [0.5, 0.6) is 0 Å². The standard InChI is InChI=1S/C7H13NO2.C7H13NO/c1-4-7(9)8-5-10-6(2)3;1-4-7(9)8-5-6(2)3/h4,6H,1,5H2,2-3H3,(H,8,9);4,6H,1,5H2,2-3H3,(H,8,9). The predicted molar refractivity (Wildman–Crippen MR) is 77.5 cm³/mol. The Kier molecular flexibility index (Phi) is 13.3. The van der Waals surface area contributed by atoms with Gasteiger partial charge in [-0.3, -0.25) is 9.59 Å². The molecule has 0 unspecified atom stereocenters. The normalized spacial score (nSPS) is 9.37. The molecule has 19 heavy (non-hydrogen) atoms. The van der Waals surface area contributed by atoms with Gasteiger partial charge in [-0.1, -0.05) is 27.0 Å². The first kappa shape index (κ1) is 19.7. The summed E-state index contributed by atoms with van der Waals surface area (Å²) in [5.74, 6) is 0.207. The van der Waals surface area contributed by atoms with Crippen molar-refractivity contribution in [1.29, 1.82) is 0 Å². The summed E-state index contributed by atoms with van der Waals surface area (Å²) in [5.41, 5.74) is 0. The highest BCUT2D eigenvalue weighted by atomic mass is 16.5. The van der Waals surface area contributed by atoms with E-state index in [0.717, 1.165) is 6.54 Å². The van der Waals surface area contributed by atoms with Crippen molar-refractivity contribution in [2.75, 3.05) is 13.3 Å². The molecular weight excluding hydrogens is 244 g/mol. The Bertz CT molecular complexity index is 286. The van der Waals surface area contributed by atoms with Crippen molar-refractivity contribution in [2.24, 2.45) is 5.92 Å². The topological polar surface area (TPSA) is 67.4 Å². The van der Waals surface area contributed by atoms with Gasteiger partial charge < -0.3 is 15.4 Å². The van der Waals surface area contributed by atoms with E-state index >= 15 is 0 Å². The molecule has 0 saturated carbocycles. The van der Waals surface area contributed by atoms with Gasteiger partial charge in [0, 0.05) is 6.54 Å². The van der Waals surface area contributed by atoms with Crippen molar-refractivity contribution < 1.29 is 14.3 Å². The van der Waals surface area contributed by atoms with Gasteiger partial charge in [0.15, 0.2) is 0 Å². The maximum atomic E-state index is 10.5. The summed E-state index contributed by atoms with van der Waals surface area (Å²) in [6.07, 6.45) is 2.64. The van der Waals surface area contributed by atoms with Crippen molar-refractivity contribution in [1.82, 2.24) is 10.6 Å². The molecule has 0 radical (unpaired) electrons. The molecule has 0 aromatic heterocycles. The van der Waals surface area contributed by atoms with E-state index in [1.54, 1.807) is 0 Å². The zero-order valence-corrected chi connectivity index (χ0v) is 12.4. The Morgan fingerprint density at radius 3 is 1.89 bits per heavy atom. The Hall–Kier alpha value is -1.62. The third kappa shape index (κ3) is 18.9. The van der Waals surface area contributed by atoms with Crippen LogP contribution < -0.4 is 10.6 Å². The minimum Gasteiger partial charge on any atom is -0.359 e. The second-order valence-electron chi connectivity index (χ2n) is 4.45. The third-order valence-corrected chi connectivity index (χ3v) is 1.72. The van der Waals surface area contributed by atoms with E-state index in [0.29, 0.717) is 5.92 Å². The van der Waals surface area contributed by atoms with Gasteiger partial charge >= 0.3 is 0 Å². The molecular formula is C14H26N2O3. The molecule has 0 spiro atoms. The molecule has 5 heteroatoms. The molecule has 0 aliphatic heterocycles. The first-order chi connectivity index (χ1) is 8.83. The van der Waals surface area contributed by atoms with Crippen LogP contribution in [-0.4, -0.2) is 31.2 Å². The number of ether oxygens (including phenoxy) is 1. The Morgan fingerprint density at radius 2 is 1.53 bits per heavy atom. The van der Waals surface area contributed by atoms with Crippen LogP contribution in [0.3, 0.4) is 0 Å². The largest absolute Gasteiger partial charge is 0.359 e. The molecule has 5 nitrogen and oxygen atoms in total. The van der Waals surface area contributed by atoms with Crippen LogP contribution in [-0.2, 0) is 14.3 Å². The molecule has 0 aromatic rings. The van der Waals surface area contributed by atoms with E-state index in [1.165, 1.54) is 12.2 Å². The summed E-state index contributed by atoms with van der Waals surface area (Å²) in [4.78, 5) is 21.0. The molecule has 0 bridgehead atoms. The van der Waals surface area contributed by atoms with Crippen molar-refractivity contribution in [2.45, 2.75) is 33.8 Å². The van der Waals surface area contributed by atoms with Gasteiger partial charge in [0.05, 0.1) is 6.10 Å². The van der Waals surface area contributed by atoms with E-state index in [9.17, 15) is 9.59 Å². The number of nitrogens with one attached hydrogen (secondary N) is 2. The van der Waals surface area contributed by atoms with Crippen LogP contribution in [0.1, 0.15) is 27.7 Å². The Labute approximate surface area is 116 Å². The summed E-state index contributed by atoms with van der Waals surface area (Å²) >= 11 is 0. The fourth-order valence-corrected chi connectivity index (χ4v) is 0.729. The second-order valence-corrected chi connectivity index (χ2v) is 4.45. The Morgan fingerprint density at radius 1 is 1.05 bits per heavy atom. The van der Waals surface area contributed by atoms with Gasteiger partial charge in [-0.15, -0.1) is 0 Å². The number of hydrogen-bond acceptors (Lipinski definition) is 3. The summed E-state index contributed by atoms with van der Waals surface area (Å²) in [6.45, 7) is 15.5. The first-order valence-corrected chi connectivity index (χ1v) is 6.25. The zero-order chi connectivity index (χ0) is 15.3. The van der Waals surface area contributed by atoms with Gasteiger partial charge in [0.25, 0.3) is 0 Å². The number of carbonyl (C=O) groups excluding carboxylic acids is 2. The second kappa shape index (κ2) is 12.8. The quantitative estimate of drug-likeness (QED) is 0.545. The van der Waals surface area contributed by atoms with E-state index in [-0.39, 0.29) is 24.6 Å². The van der Waals surface area contributed by atoms with Crippen molar-refractivity contribution in [3.8, 4) is 0 Å². The lowest BCUT2D eigenvalue weighted by molar-refractivity contribution is -0.118. The van der Waals surface area contributed by atoms with Crippen LogP contribution >= 0.6 is 0 Å². The molecule has 0 aliphatic rings. The fourth-order valence-electron chi connectivity index (χ4n) is 0.729. The minimum atomic E-state index is -0.208. The highest BCUT2D eigenvalue weighted by molar-refractivity contribution is 5.87. The summed E-state index contributed by atoms with van der Waals surface area (Å²) in [7, 11) is 0. The lowest BCUT2D eigenvalue weighted by atomic mass is 10.2. The Balaban J connectivity index is 0. The zero-order valence-electron chi connectivity index (χ0n) is 12.4. The maximum Gasteiger partial charge on any atom is 0.245 e. The molecule has 110 valence electrons. The molecule has 2 amide bonds. The van der Waals surface area contributed by atoms with Crippen LogP contribution in [0.15, 0.2) is 25.3 Å². The molecule has 0 aliphatic carbocycles. The highest BCUT2D eigenvalue weighted by Crippen LogP contribution is 1.86. The number of hydrogen-bond donors (Lipinski definition) is 2. The smallest absolute Gasteiger partial charge is 0.245 e. The molecule has 0 heterocycles. The van der Waals surface area contributed by atoms with Gasteiger partial charge in [0.1, 0.15) is 6.73 Å². The van der Waals surface area contributed by atoms with E-state index < -0.39 is 0 Å². The highest BCUT2D eigenvalue weighted by Gasteiger charge is 1.94. The molecule has 0 atom stereocenters. The molecule has 0 aromatic carbocycles. The predicted octanol–water partition coefficient (Wildman–Crippen LogP) is 1.62. The summed E-state index contributed by atoms with van der Waals surface area (Å²) in [6, 6.07) is 0. The van der Waals surface area contributed by atoms with Crippen LogP contribution in [0.25, 0.3) is 0 Å². The number of amides is 2. The van der Waals surface area contributed by atoms with Crippen molar-refractivity contribution in [3.63, 3.8) is 0 Å². The van der Waals surface area contributed by atoms with Gasteiger partial charge in [-0.25, -0.2) is 0 Å². The fraction of sp³-hybridized carbons (Fsp3) is 0.571. The lowest BCUT2D eigenvalue weighted by Gasteiger charge is -2.06. The summed E-state index contributed by atoms with van der Waals surface area (Å²) < 4.78 is 5.03. The third-order valence-electron chi connectivity index (χ3n) is 1.72. The average Bonchev–Trinajstić information content (AvgIpc) is 2.35. The van der Waals surface area contributed by atoms with Crippen molar-refractivity contribution in [3.05, 3.63) is 25.3 Å². The van der Waals surface area contributed by atoms with Crippen LogP contribution in [0.4, 0.5) is 0 Å². The van der Waals surface area contributed by atoms with E-state index in [4.69, 9.17) is 4.74 Å². The van der Waals surface area contributed by atoms with Gasteiger partial charge in [0.2, 0.25) is 11.8 Å². The molecule has 0 rings (SSSR count). The van der Waals surface area contributed by atoms with Crippen LogP contribution in [0, 0.1) is 5.92 Å². The minimum absolute atomic E-state index is 0.0938. The van der Waals surface area contributed by atoms with E-state index in [1.807, 2.05) is 27.7 Å². The number of carbonyl (C=O) groups is 2. The lowest BCUT2D eigenvalue weighted by Crippen LogP contribution is -2.25. The number of rotatable bonds is 7. The monoisotopic (exact) mass is 270 g/mol. The van der Waals surface area contributed by atoms with Gasteiger partial charge in [-0.2, -0.15) is 0 Å². The summed E-state index contributed by atoms with van der Waals surface area (Å²) in [5, 5.41) is 5.16. The van der Waals surface area contributed by atoms with Crippen LogP contribution in [0.2, 0.25) is 0 Å². The first-order valence-electron chi connectivity index (χ1n) is 6.25. The molecule has 0 saturated heterocycles. The van der Waals surface area contributed by atoms with Crippen molar-refractivity contribution >= 4 is 11.8 Å².